The largest absolute Gasteiger partial charge is 0.459 e. The van der Waals surface area contributed by atoms with Gasteiger partial charge in [-0.25, -0.2) is 14.6 Å². The summed E-state index contributed by atoms with van der Waals surface area (Å²) in [5.41, 5.74) is 2.89. The summed E-state index contributed by atoms with van der Waals surface area (Å²) in [6, 6.07) is -10.1. The van der Waals surface area contributed by atoms with Gasteiger partial charge in [-0.2, -0.15) is 0 Å². The predicted octanol–water partition coefficient (Wildman–Crippen LogP) is -2.61. The highest BCUT2D eigenvalue weighted by Gasteiger charge is 2.51. The Balaban J connectivity index is 1.26. The van der Waals surface area contributed by atoms with Gasteiger partial charge in [-0.15, -0.1) is 0 Å². The zero-order chi connectivity index (χ0) is 68.7. The number of hydrogen-bond donors (Lipinski definition) is 8. The van der Waals surface area contributed by atoms with E-state index in [0.29, 0.717) is 5.56 Å². The Morgan fingerprint density at radius 1 is 0.750 bits per heavy atom. The quantitative estimate of drug-likeness (QED) is 0.0618. The van der Waals surface area contributed by atoms with Gasteiger partial charge in [0.1, 0.15) is 83.9 Å². The number of benzene rings is 2. The maximum absolute atomic E-state index is 15.0. The molecule has 92 heavy (non-hydrogen) atoms. The molecule has 0 radical (unpaired) electrons. The van der Waals surface area contributed by atoms with Gasteiger partial charge in [0.25, 0.3) is 5.91 Å². The summed E-state index contributed by atoms with van der Waals surface area (Å²) in [4.78, 5) is 196. The van der Waals surface area contributed by atoms with Crippen LogP contribution in [0, 0.1) is 31.6 Å². The molecule has 1 aliphatic carbocycles. The number of hydrogen-bond acceptors (Lipinski definition) is 21. The first-order valence-corrected chi connectivity index (χ1v) is 30.4. The molecule has 0 aromatic heterocycles. The number of rotatable bonds is 9. The first kappa shape index (κ1) is 70.6. The van der Waals surface area contributed by atoms with E-state index in [1.165, 1.54) is 61.1 Å². The van der Waals surface area contributed by atoms with Crippen molar-refractivity contribution in [2.75, 3.05) is 60.2 Å². The van der Waals surface area contributed by atoms with E-state index in [9.17, 15) is 77.6 Å². The number of aryl methyl sites for hydroxylation is 1. The average molecular weight is 1290 g/mol. The van der Waals surface area contributed by atoms with E-state index < -0.39 is 210 Å². The molecule has 7 rings (SSSR count). The number of carbonyl (C=O) groups is 12. The Labute approximate surface area is 530 Å². The van der Waals surface area contributed by atoms with Crippen LogP contribution in [0.3, 0.4) is 0 Å². The van der Waals surface area contributed by atoms with Gasteiger partial charge in [-0.3, -0.25) is 52.7 Å². The number of nitrogens with one attached hydrogen (secondary N) is 4. The number of nitrogen functional groups attached to an aromatic ring is 1. The number of nitrogens with two attached hydrogens (primary N) is 1. The van der Waals surface area contributed by atoms with Crippen LogP contribution in [-0.4, -0.2) is 254 Å². The summed E-state index contributed by atoms with van der Waals surface area (Å²) in [5.74, 6) is -13.6. The van der Waals surface area contributed by atoms with E-state index >= 15 is 0 Å². The SMILES string of the molecule is Cc1c2oc3c(C)ccc(C(=O)N[C@@H]4C(=O)N[C@H](C(C)C)C(=O)N5[C@H](C(=O)N(C)CC(=O)N(C)[C@@H](C(C)C)C(=O)O[C@@H]4C)[C@@H](O)C[C@@H]5C)c3nc-2c(C(=O)OC[C@H](O)[C@@H]2NC(=O)[C@H](C)N(C)C(=O)CN(C)C(=O)[C@@H]3C[C@@H](O)CN3C(=O)[C@@H](C(C)C)NC2=O)c(N)c1=O. The zero-order valence-electron chi connectivity index (χ0n) is 54.2. The molecule has 31 nitrogen and oxygen atoms in total. The summed E-state index contributed by atoms with van der Waals surface area (Å²) in [6.07, 6.45) is -6.46. The van der Waals surface area contributed by atoms with Crippen molar-refractivity contribution in [1.29, 1.82) is 0 Å². The van der Waals surface area contributed by atoms with Gasteiger partial charge < -0.3 is 85.6 Å². The summed E-state index contributed by atoms with van der Waals surface area (Å²) in [6.45, 7) is 14.1. The van der Waals surface area contributed by atoms with Crippen LogP contribution in [0.5, 0.6) is 0 Å². The molecule has 502 valence electrons. The maximum Gasteiger partial charge on any atom is 0.342 e. The molecule has 13 atom stereocenters. The van der Waals surface area contributed by atoms with Crippen molar-refractivity contribution in [2.24, 2.45) is 17.8 Å². The Morgan fingerprint density at radius 2 is 1.33 bits per heavy atom. The maximum atomic E-state index is 15.0. The van der Waals surface area contributed by atoms with Gasteiger partial charge in [-0.1, -0.05) is 47.6 Å². The summed E-state index contributed by atoms with van der Waals surface area (Å²) in [5, 5.41) is 43.9. The van der Waals surface area contributed by atoms with Crippen molar-refractivity contribution in [3.8, 4) is 11.5 Å². The molecular weight excluding hydrogens is 1200 g/mol. The third-order valence-corrected chi connectivity index (χ3v) is 17.6. The number of aliphatic hydroxyl groups is 3. The number of ether oxygens (including phenoxy) is 2. The van der Waals surface area contributed by atoms with Gasteiger partial charge in [0.15, 0.2) is 11.3 Å². The monoisotopic (exact) mass is 1290 g/mol. The molecule has 9 N–H and O–H groups in total. The standard InChI is InChI=1S/C61H84N12O19/c1-24(2)41-57(85)72-20-32(74)19-34(72)56(84)68(12)21-37(77)70(14)30(10)52(80)67-45(55(83)64-41)36(76)23-90-60(88)39-40(62)49(79)29(9)51-46(39)63-44-33(17-16-27(7)50(44)92-51)53(81)66-43-31(11)91-61(89)47(26(5)6)71(15)38(78)22-69(13)59(87)48-35(75)18-28(8)73(48)58(86)42(25(3)4)65-54(43)82/h16-17,24-26,28,30-32,34-36,41-43,45,47-48,74-76H,18-23,62H2,1-15H3,(H,64,83)(H,65,82)(H,66,81)(H,67,80)/t28-,30-,31+,32+,34-,35-,36-,41+,42+,43-,45-,47-,48-/m0/s1. The summed E-state index contributed by atoms with van der Waals surface area (Å²) < 4.78 is 17.8. The Morgan fingerprint density at radius 3 is 1.93 bits per heavy atom. The van der Waals surface area contributed by atoms with Crippen molar-refractivity contribution >= 4 is 87.8 Å². The van der Waals surface area contributed by atoms with E-state index in [1.54, 1.807) is 55.4 Å². The van der Waals surface area contributed by atoms with Crippen LogP contribution >= 0.6 is 0 Å². The third-order valence-electron chi connectivity index (χ3n) is 17.6. The first-order chi connectivity index (χ1) is 42.9. The molecule has 5 heterocycles. The molecule has 0 bridgehead atoms. The number of cyclic esters (lactones) is 1. The Bertz CT molecular complexity index is 3500. The number of fused-ring (bicyclic) bond motifs is 4. The molecule has 0 unspecified atom stereocenters. The van der Waals surface area contributed by atoms with E-state index in [-0.39, 0.29) is 47.4 Å². The molecule has 6 aliphatic rings. The molecule has 0 saturated carbocycles. The lowest BCUT2D eigenvalue weighted by Gasteiger charge is -2.37. The molecule has 10 amide bonds. The fourth-order valence-corrected chi connectivity index (χ4v) is 12.0. The molecule has 4 saturated heterocycles. The van der Waals surface area contributed by atoms with Crippen molar-refractivity contribution in [3.63, 3.8) is 0 Å². The summed E-state index contributed by atoms with van der Waals surface area (Å²) in [7, 11) is 5.21. The van der Waals surface area contributed by atoms with Gasteiger partial charge in [0, 0.05) is 52.8 Å². The topological polar surface area (TPSA) is 421 Å². The lowest BCUT2D eigenvalue weighted by atomic mass is 9.99. The number of likely N-dealkylation sites (N-methyl/N-ethyl adjacent to an activating group) is 4. The minimum atomic E-state index is -2.17. The molecule has 0 spiro atoms. The van der Waals surface area contributed by atoms with Crippen LogP contribution in [0.1, 0.15) is 107 Å². The van der Waals surface area contributed by atoms with Crippen molar-refractivity contribution in [3.05, 3.63) is 44.6 Å². The van der Waals surface area contributed by atoms with E-state index in [4.69, 9.17) is 19.6 Å². The van der Waals surface area contributed by atoms with Crippen LogP contribution in [0.4, 0.5) is 5.69 Å². The minimum absolute atomic E-state index is 0.0278. The van der Waals surface area contributed by atoms with Crippen molar-refractivity contribution in [2.45, 2.75) is 168 Å². The molecule has 1 aromatic carbocycles. The highest BCUT2D eigenvalue weighted by Crippen LogP contribution is 2.36. The fourth-order valence-electron chi connectivity index (χ4n) is 12.0. The lowest BCUT2D eigenvalue weighted by Crippen LogP contribution is -2.62. The molecule has 5 aliphatic heterocycles. The van der Waals surface area contributed by atoms with Crippen molar-refractivity contribution < 1.29 is 86.7 Å². The van der Waals surface area contributed by atoms with Crippen LogP contribution in [0.15, 0.2) is 21.3 Å². The lowest BCUT2D eigenvalue weighted by molar-refractivity contribution is -0.163. The first-order valence-electron chi connectivity index (χ1n) is 30.4. The number of anilines is 1. The van der Waals surface area contributed by atoms with Crippen LogP contribution in [-0.2, 0) is 57.4 Å². The van der Waals surface area contributed by atoms with E-state index in [2.05, 4.69) is 26.3 Å². The Hall–Kier alpha value is -8.84. The molecule has 4 fully saturated rings. The highest BCUT2D eigenvalue weighted by atomic mass is 16.6. The second-order valence-electron chi connectivity index (χ2n) is 25.4. The predicted molar refractivity (Wildman–Crippen MR) is 325 cm³/mol. The molecule has 31 heteroatoms. The second-order valence-corrected chi connectivity index (χ2v) is 25.4. The number of aromatic nitrogens is 1. The number of nitrogens with zero attached hydrogens (tertiary/aromatic N) is 7. The smallest absolute Gasteiger partial charge is 0.342 e. The fraction of sp³-hybridized carbons (Fsp3) is 0.607. The summed E-state index contributed by atoms with van der Waals surface area (Å²) >= 11 is 0. The van der Waals surface area contributed by atoms with Gasteiger partial charge in [0.2, 0.25) is 58.6 Å². The van der Waals surface area contributed by atoms with Crippen LogP contribution in [0.25, 0.3) is 22.6 Å². The highest BCUT2D eigenvalue weighted by molar-refractivity contribution is 6.09. The Kier molecular flexibility index (Phi) is 21.4. The van der Waals surface area contributed by atoms with Gasteiger partial charge >= 0.3 is 11.9 Å². The molecule has 1 aromatic rings. The zero-order valence-corrected chi connectivity index (χ0v) is 54.2. The molecular formula is C61H84N12O19. The van der Waals surface area contributed by atoms with Crippen LogP contribution < -0.4 is 32.4 Å². The van der Waals surface area contributed by atoms with E-state index in [0.717, 1.165) is 29.4 Å². The number of carbonyl (C=O) groups excluding carboxylic acids is 12. The van der Waals surface area contributed by atoms with E-state index in [1.807, 2.05) is 0 Å². The van der Waals surface area contributed by atoms with Gasteiger partial charge in [0.05, 0.1) is 36.5 Å². The minimum Gasteiger partial charge on any atom is -0.459 e. The van der Waals surface area contributed by atoms with Crippen molar-refractivity contribution in [1.82, 2.24) is 55.7 Å². The number of amides is 10. The normalized spacial score (nSPS) is 27.7. The van der Waals surface area contributed by atoms with Crippen LogP contribution in [0.2, 0.25) is 0 Å². The second kappa shape index (κ2) is 27.9. The average Bonchev–Trinajstić information content (AvgIpc) is 0.934. The van der Waals surface area contributed by atoms with Gasteiger partial charge in [-0.05, 0) is 70.4 Å². The third kappa shape index (κ3) is 14.0. The number of esters is 2. The number of aliphatic hydroxyl groups excluding tert-OH is 3.